The van der Waals surface area contributed by atoms with E-state index in [2.05, 4.69) is 26.2 Å². The maximum absolute atomic E-state index is 5.07. The molecule has 0 N–H and O–H groups in total. The van der Waals surface area contributed by atoms with Crippen molar-refractivity contribution in [3.63, 3.8) is 0 Å². The lowest BCUT2D eigenvalue weighted by atomic mass is 10.3. The number of hydrogen-bond acceptors (Lipinski definition) is 3. The molecule has 3 nitrogen and oxygen atoms in total. The minimum absolute atomic E-state index is 0.797. The summed E-state index contributed by atoms with van der Waals surface area (Å²) in [6.45, 7) is 0. The fourth-order valence-electron chi connectivity index (χ4n) is 1.30. The smallest absolute Gasteiger partial charge is 0.119 e. The number of ether oxygens (including phenoxy) is 1. The Labute approximate surface area is 108 Å². The molecule has 0 aliphatic carbocycles. The zero-order chi connectivity index (χ0) is 12.1. The SMILES string of the molecule is COc1ccc(N=Nc2cccc(Br)c2)cc1. The van der Waals surface area contributed by atoms with Crippen molar-refractivity contribution in [2.24, 2.45) is 10.2 Å². The third-order valence-electron chi connectivity index (χ3n) is 2.16. The zero-order valence-corrected chi connectivity index (χ0v) is 10.9. The first-order valence-electron chi connectivity index (χ1n) is 5.09. The molecule has 0 heterocycles. The molecular formula is C13H11BrN2O. The molecule has 2 aromatic rings. The van der Waals surface area contributed by atoms with Crippen LogP contribution in [0, 0.1) is 0 Å². The van der Waals surface area contributed by atoms with Crippen LogP contribution in [-0.4, -0.2) is 7.11 Å². The summed E-state index contributed by atoms with van der Waals surface area (Å²) in [5.74, 6) is 0.811. The van der Waals surface area contributed by atoms with Crippen molar-refractivity contribution in [2.45, 2.75) is 0 Å². The molecule has 0 saturated heterocycles. The molecule has 4 heteroatoms. The highest BCUT2D eigenvalue weighted by Crippen LogP contribution is 2.22. The first kappa shape index (κ1) is 11.8. The fourth-order valence-corrected chi connectivity index (χ4v) is 1.69. The van der Waals surface area contributed by atoms with E-state index in [9.17, 15) is 0 Å². The molecular weight excluding hydrogens is 280 g/mol. The normalized spacial score (nSPS) is 10.7. The Bertz CT molecular complexity index is 523. The van der Waals surface area contributed by atoms with Gasteiger partial charge in [0.2, 0.25) is 0 Å². The molecule has 0 saturated carbocycles. The highest BCUT2D eigenvalue weighted by Gasteiger charge is 1.93. The summed E-state index contributed by atoms with van der Waals surface area (Å²) >= 11 is 3.39. The summed E-state index contributed by atoms with van der Waals surface area (Å²) in [5, 5.41) is 8.29. The Morgan fingerprint density at radius 1 is 0.941 bits per heavy atom. The molecule has 0 unspecified atom stereocenters. The topological polar surface area (TPSA) is 34.0 Å². The van der Waals surface area contributed by atoms with Crippen LogP contribution in [0.2, 0.25) is 0 Å². The first-order valence-corrected chi connectivity index (χ1v) is 5.88. The predicted molar refractivity (Wildman–Crippen MR) is 71.3 cm³/mol. The minimum Gasteiger partial charge on any atom is -0.497 e. The first-order chi connectivity index (χ1) is 8.28. The molecule has 0 atom stereocenters. The molecule has 0 radical (unpaired) electrons. The van der Waals surface area contributed by atoms with Gasteiger partial charge in [-0.3, -0.25) is 0 Å². The molecule has 0 aliphatic heterocycles. The Balaban J connectivity index is 2.14. The summed E-state index contributed by atoms with van der Waals surface area (Å²) in [5.41, 5.74) is 1.61. The number of hydrogen-bond donors (Lipinski definition) is 0. The van der Waals surface area contributed by atoms with Crippen molar-refractivity contribution in [2.75, 3.05) is 7.11 Å². The predicted octanol–water partition coefficient (Wildman–Crippen LogP) is 4.87. The number of halogens is 1. The van der Waals surface area contributed by atoms with Crippen LogP contribution < -0.4 is 4.74 Å². The van der Waals surface area contributed by atoms with Crippen LogP contribution in [-0.2, 0) is 0 Å². The Hall–Kier alpha value is -1.68. The number of nitrogens with zero attached hydrogens (tertiary/aromatic N) is 2. The second kappa shape index (κ2) is 5.59. The minimum atomic E-state index is 0.797. The summed E-state index contributed by atoms with van der Waals surface area (Å²) in [4.78, 5) is 0. The third-order valence-corrected chi connectivity index (χ3v) is 2.65. The van der Waals surface area contributed by atoms with Gasteiger partial charge in [-0.05, 0) is 42.5 Å². The van der Waals surface area contributed by atoms with E-state index in [-0.39, 0.29) is 0 Å². The van der Waals surface area contributed by atoms with Crippen LogP contribution in [0.4, 0.5) is 11.4 Å². The molecule has 86 valence electrons. The number of methoxy groups -OCH3 is 1. The van der Waals surface area contributed by atoms with Crippen LogP contribution in [0.25, 0.3) is 0 Å². The van der Waals surface area contributed by atoms with Gasteiger partial charge in [-0.2, -0.15) is 10.2 Å². The molecule has 0 spiro atoms. The van der Waals surface area contributed by atoms with Crippen molar-refractivity contribution >= 4 is 27.3 Å². The van der Waals surface area contributed by atoms with Crippen molar-refractivity contribution in [3.05, 3.63) is 53.0 Å². The maximum atomic E-state index is 5.07. The van der Waals surface area contributed by atoms with Crippen LogP contribution in [0.3, 0.4) is 0 Å². The quantitative estimate of drug-likeness (QED) is 0.742. The number of rotatable bonds is 3. The second-order valence-electron chi connectivity index (χ2n) is 3.38. The standard InChI is InChI=1S/C13H11BrN2O/c1-17-13-7-5-11(6-8-13)15-16-12-4-2-3-10(14)9-12/h2-9H,1H3. The highest BCUT2D eigenvalue weighted by molar-refractivity contribution is 9.10. The summed E-state index contributed by atoms with van der Waals surface area (Å²) in [7, 11) is 1.64. The summed E-state index contributed by atoms with van der Waals surface area (Å²) in [6, 6.07) is 15.1. The molecule has 2 aromatic carbocycles. The van der Waals surface area contributed by atoms with Crippen LogP contribution >= 0.6 is 15.9 Å². The van der Waals surface area contributed by atoms with E-state index >= 15 is 0 Å². The van der Waals surface area contributed by atoms with E-state index in [0.717, 1.165) is 21.6 Å². The zero-order valence-electron chi connectivity index (χ0n) is 9.30. The van der Waals surface area contributed by atoms with Gasteiger partial charge in [-0.25, -0.2) is 0 Å². The van der Waals surface area contributed by atoms with Gasteiger partial charge in [0.1, 0.15) is 5.75 Å². The fraction of sp³-hybridized carbons (Fsp3) is 0.0769. The Morgan fingerprint density at radius 3 is 2.29 bits per heavy atom. The van der Waals surface area contributed by atoms with Gasteiger partial charge in [0, 0.05) is 4.47 Å². The van der Waals surface area contributed by atoms with E-state index in [0.29, 0.717) is 0 Å². The molecule has 0 bridgehead atoms. The third kappa shape index (κ3) is 3.39. The van der Waals surface area contributed by atoms with Crippen LogP contribution in [0.1, 0.15) is 0 Å². The molecule has 0 aromatic heterocycles. The van der Waals surface area contributed by atoms with Gasteiger partial charge < -0.3 is 4.74 Å². The van der Waals surface area contributed by atoms with Crippen molar-refractivity contribution < 1.29 is 4.74 Å². The van der Waals surface area contributed by atoms with Gasteiger partial charge in [-0.1, -0.05) is 22.0 Å². The molecule has 0 amide bonds. The molecule has 0 aliphatic rings. The van der Waals surface area contributed by atoms with Crippen molar-refractivity contribution in [3.8, 4) is 5.75 Å². The largest absolute Gasteiger partial charge is 0.497 e. The van der Waals surface area contributed by atoms with E-state index in [4.69, 9.17) is 4.74 Å². The van der Waals surface area contributed by atoms with Crippen LogP contribution in [0.15, 0.2) is 63.2 Å². The lowest BCUT2D eigenvalue weighted by molar-refractivity contribution is 0.415. The average molecular weight is 291 g/mol. The van der Waals surface area contributed by atoms with Gasteiger partial charge in [0.15, 0.2) is 0 Å². The average Bonchev–Trinajstić information content (AvgIpc) is 2.37. The van der Waals surface area contributed by atoms with Crippen molar-refractivity contribution in [1.29, 1.82) is 0 Å². The molecule has 17 heavy (non-hydrogen) atoms. The number of azo groups is 1. The van der Waals surface area contributed by atoms with E-state index in [1.54, 1.807) is 7.11 Å². The van der Waals surface area contributed by atoms with E-state index in [1.165, 1.54) is 0 Å². The van der Waals surface area contributed by atoms with Gasteiger partial charge >= 0.3 is 0 Å². The Morgan fingerprint density at radius 2 is 1.65 bits per heavy atom. The second-order valence-corrected chi connectivity index (χ2v) is 4.29. The Kier molecular flexibility index (Phi) is 3.88. The van der Waals surface area contributed by atoms with Gasteiger partial charge in [0.25, 0.3) is 0 Å². The maximum Gasteiger partial charge on any atom is 0.119 e. The van der Waals surface area contributed by atoms with Crippen LogP contribution in [0.5, 0.6) is 5.75 Å². The highest BCUT2D eigenvalue weighted by atomic mass is 79.9. The van der Waals surface area contributed by atoms with Gasteiger partial charge in [0.05, 0.1) is 18.5 Å². The van der Waals surface area contributed by atoms with Gasteiger partial charge in [-0.15, -0.1) is 0 Å². The molecule has 0 fully saturated rings. The summed E-state index contributed by atoms with van der Waals surface area (Å²) < 4.78 is 6.06. The molecule has 2 rings (SSSR count). The van der Waals surface area contributed by atoms with E-state index in [1.807, 2.05) is 48.5 Å². The lowest BCUT2D eigenvalue weighted by Crippen LogP contribution is -1.79. The number of benzene rings is 2. The lowest BCUT2D eigenvalue weighted by Gasteiger charge is -1.98. The monoisotopic (exact) mass is 290 g/mol. The van der Waals surface area contributed by atoms with E-state index < -0.39 is 0 Å². The van der Waals surface area contributed by atoms with Crippen molar-refractivity contribution in [1.82, 2.24) is 0 Å². The summed E-state index contributed by atoms with van der Waals surface area (Å²) in [6.07, 6.45) is 0.